The van der Waals surface area contributed by atoms with Gasteiger partial charge in [0.05, 0.1) is 22.5 Å². The Hall–Kier alpha value is -1.99. The fraction of sp³-hybridized carbons (Fsp3) is 0.588. The average molecular weight is 331 g/mol. The van der Waals surface area contributed by atoms with Crippen molar-refractivity contribution in [1.82, 2.24) is 19.6 Å². The smallest absolute Gasteiger partial charge is 0.286 e. The van der Waals surface area contributed by atoms with Crippen LogP contribution in [-0.2, 0) is 12.0 Å². The van der Waals surface area contributed by atoms with Crippen molar-refractivity contribution in [3.8, 4) is 0 Å². The Bertz CT molecular complexity index is 739. The molecule has 0 radical (unpaired) electrons. The van der Waals surface area contributed by atoms with E-state index in [0.717, 1.165) is 56.2 Å². The summed E-state index contributed by atoms with van der Waals surface area (Å²) in [5.74, 6) is 0. The second-order valence-corrected chi connectivity index (χ2v) is 7.41. The molecule has 1 saturated heterocycles. The molecule has 0 bridgehead atoms. The quantitative estimate of drug-likeness (QED) is 0.690. The molecule has 0 spiro atoms. The van der Waals surface area contributed by atoms with Gasteiger partial charge in [-0.2, -0.15) is 0 Å². The molecule has 1 fully saturated rings. The molecule has 7 nitrogen and oxygen atoms in total. The second-order valence-electron chi connectivity index (χ2n) is 7.41. The van der Waals surface area contributed by atoms with Gasteiger partial charge in [0.25, 0.3) is 5.69 Å². The topological polar surface area (TPSA) is 75.7 Å². The number of imidazole rings is 1. The first kappa shape index (κ1) is 16.9. The van der Waals surface area contributed by atoms with Crippen molar-refractivity contribution in [3.05, 3.63) is 39.8 Å². The highest BCUT2D eigenvalue weighted by atomic mass is 16.6. The standard InChI is InChI=1S/C17H25N5O2/c1-17(2,3)16-14(12-20-9-4-7-18-8-10-20)21-11-13(22(23)24)5-6-15(21)19-16/h5-6,11,18H,4,7-10,12H2,1-3H3. The van der Waals surface area contributed by atoms with Crippen LogP contribution >= 0.6 is 0 Å². The zero-order valence-electron chi connectivity index (χ0n) is 14.6. The molecule has 0 saturated carbocycles. The van der Waals surface area contributed by atoms with Crippen LogP contribution in [0.2, 0.25) is 0 Å². The van der Waals surface area contributed by atoms with Crippen LogP contribution in [0.1, 0.15) is 38.6 Å². The number of rotatable bonds is 3. The molecular weight excluding hydrogens is 306 g/mol. The lowest BCUT2D eigenvalue weighted by molar-refractivity contribution is -0.385. The summed E-state index contributed by atoms with van der Waals surface area (Å²) in [7, 11) is 0. The SMILES string of the molecule is CC(C)(C)c1nc2ccc([N+](=O)[O-])cn2c1CN1CCCNCC1. The third kappa shape index (κ3) is 3.42. The van der Waals surface area contributed by atoms with E-state index in [0.29, 0.717) is 0 Å². The third-order valence-corrected chi connectivity index (χ3v) is 4.43. The van der Waals surface area contributed by atoms with Crippen molar-refractivity contribution in [1.29, 1.82) is 0 Å². The van der Waals surface area contributed by atoms with Crippen LogP contribution in [0.25, 0.3) is 5.65 Å². The monoisotopic (exact) mass is 331 g/mol. The Balaban J connectivity index is 2.06. The number of nitrogens with one attached hydrogen (secondary N) is 1. The van der Waals surface area contributed by atoms with Crippen molar-refractivity contribution < 1.29 is 4.92 Å². The van der Waals surface area contributed by atoms with Crippen molar-refractivity contribution in [2.24, 2.45) is 0 Å². The van der Waals surface area contributed by atoms with Gasteiger partial charge < -0.3 is 5.32 Å². The fourth-order valence-corrected chi connectivity index (χ4v) is 3.21. The molecule has 130 valence electrons. The molecule has 1 aliphatic heterocycles. The van der Waals surface area contributed by atoms with E-state index in [4.69, 9.17) is 4.98 Å². The number of hydrogen-bond donors (Lipinski definition) is 1. The zero-order chi connectivity index (χ0) is 17.3. The molecule has 7 heteroatoms. The molecular formula is C17H25N5O2. The molecule has 0 amide bonds. The molecule has 0 aromatic carbocycles. The highest BCUT2D eigenvalue weighted by Gasteiger charge is 2.26. The minimum absolute atomic E-state index is 0.0964. The van der Waals surface area contributed by atoms with Crippen molar-refractivity contribution in [2.75, 3.05) is 26.2 Å². The van der Waals surface area contributed by atoms with E-state index in [1.165, 1.54) is 6.07 Å². The lowest BCUT2D eigenvalue weighted by atomic mass is 9.90. The van der Waals surface area contributed by atoms with E-state index in [2.05, 4.69) is 31.0 Å². The Kier molecular flexibility index (Phi) is 4.56. The van der Waals surface area contributed by atoms with E-state index in [1.54, 1.807) is 12.3 Å². The van der Waals surface area contributed by atoms with Crippen molar-refractivity contribution in [3.63, 3.8) is 0 Å². The summed E-state index contributed by atoms with van der Waals surface area (Å²) in [6.45, 7) is 11.2. The first-order valence-electron chi connectivity index (χ1n) is 8.45. The van der Waals surface area contributed by atoms with Gasteiger partial charge in [-0.3, -0.25) is 19.4 Å². The van der Waals surface area contributed by atoms with Gasteiger partial charge in [0.15, 0.2) is 0 Å². The molecule has 1 N–H and O–H groups in total. The Labute approximate surface area is 141 Å². The Morgan fingerprint density at radius 3 is 2.79 bits per heavy atom. The van der Waals surface area contributed by atoms with Gasteiger partial charge in [0, 0.05) is 31.1 Å². The van der Waals surface area contributed by atoms with Crippen LogP contribution in [0.4, 0.5) is 5.69 Å². The third-order valence-electron chi connectivity index (χ3n) is 4.43. The summed E-state index contributed by atoms with van der Waals surface area (Å²) in [5, 5.41) is 14.6. The molecule has 0 atom stereocenters. The molecule has 2 aromatic rings. The zero-order valence-corrected chi connectivity index (χ0v) is 14.6. The average Bonchev–Trinajstić information content (AvgIpc) is 2.69. The highest BCUT2D eigenvalue weighted by molar-refractivity contribution is 5.49. The van der Waals surface area contributed by atoms with Crippen LogP contribution in [0.3, 0.4) is 0 Å². The summed E-state index contributed by atoms with van der Waals surface area (Å²) in [6.07, 6.45) is 2.71. The fourth-order valence-electron chi connectivity index (χ4n) is 3.21. The lowest BCUT2D eigenvalue weighted by Crippen LogP contribution is -2.29. The summed E-state index contributed by atoms with van der Waals surface area (Å²) in [4.78, 5) is 18.0. The van der Waals surface area contributed by atoms with Gasteiger partial charge in [-0.1, -0.05) is 20.8 Å². The summed E-state index contributed by atoms with van der Waals surface area (Å²) >= 11 is 0. The van der Waals surface area contributed by atoms with Gasteiger partial charge in [-0.05, 0) is 25.6 Å². The number of fused-ring (bicyclic) bond motifs is 1. The Morgan fingerprint density at radius 1 is 1.29 bits per heavy atom. The summed E-state index contributed by atoms with van der Waals surface area (Å²) in [6, 6.07) is 3.26. The van der Waals surface area contributed by atoms with Gasteiger partial charge in [-0.25, -0.2) is 4.98 Å². The van der Waals surface area contributed by atoms with E-state index in [9.17, 15) is 10.1 Å². The maximum absolute atomic E-state index is 11.1. The van der Waals surface area contributed by atoms with E-state index in [1.807, 2.05) is 4.40 Å². The molecule has 2 aromatic heterocycles. The first-order valence-corrected chi connectivity index (χ1v) is 8.45. The van der Waals surface area contributed by atoms with Crippen LogP contribution in [-0.4, -0.2) is 45.4 Å². The summed E-state index contributed by atoms with van der Waals surface area (Å²) < 4.78 is 1.90. The number of nitrogens with zero attached hydrogens (tertiary/aromatic N) is 4. The first-order chi connectivity index (χ1) is 11.4. The minimum atomic E-state index is -0.351. The maximum atomic E-state index is 11.1. The van der Waals surface area contributed by atoms with Gasteiger partial charge in [0.2, 0.25) is 0 Å². The molecule has 0 unspecified atom stereocenters. The van der Waals surface area contributed by atoms with Crippen molar-refractivity contribution >= 4 is 11.3 Å². The minimum Gasteiger partial charge on any atom is -0.315 e. The predicted octanol–water partition coefficient (Wildman–Crippen LogP) is 2.34. The van der Waals surface area contributed by atoms with Gasteiger partial charge >= 0.3 is 0 Å². The molecule has 24 heavy (non-hydrogen) atoms. The lowest BCUT2D eigenvalue weighted by Gasteiger charge is -2.23. The normalized spacial score (nSPS) is 17.1. The van der Waals surface area contributed by atoms with Crippen LogP contribution in [0.15, 0.2) is 18.3 Å². The van der Waals surface area contributed by atoms with Crippen LogP contribution in [0.5, 0.6) is 0 Å². The van der Waals surface area contributed by atoms with E-state index >= 15 is 0 Å². The van der Waals surface area contributed by atoms with Crippen LogP contribution < -0.4 is 5.32 Å². The molecule has 3 rings (SSSR count). The number of aromatic nitrogens is 2. The van der Waals surface area contributed by atoms with Gasteiger partial charge in [-0.15, -0.1) is 0 Å². The number of pyridine rings is 1. The largest absolute Gasteiger partial charge is 0.315 e. The van der Waals surface area contributed by atoms with Crippen molar-refractivity contribution in [2.45, 2.75) is 39.2 Å². The van der Waals surface area contributed by atoms with Gasteiger partial charge in [0.1, 0.15) is 5.65 Å². The second kappa shape index (κ2) is 6.49. The maximum Gasteiger partial charge on any atom is 0.286 e. The van der Waals surface area contributed by atoms with E-state index in [-0.39, 0.29) is 16.0 Å². The van der Waals surface area contributed by atoms with Crippen LogP contribution in [0, 0.1) is 10.1 Å². The molecule has 0 aliphatic carbocycles. The summed E-state index contributed by atoms with van der Waals surface area (Å²) in [5.41, 5.74) is 2.83. The number of hydrogen-bond acceptors (Lipinski definition) is 5. The number of nitro groups is 1. The molecule has 1 aliphatic rings. The highest BCUT2D eigenvalue weighted by Crippen LogP contribution is 2.28. The predicted molar refractivity (Wildman–Crippen MR) is 93.3 cm³/mol. The molecule has 3 heterocycles. The van der Waals surface area contributed by atoms with E-state index < -0.39 is 0 Å². The Morgan fingerprint density at radius 2 is 2.08 bits per heavy atom.